The number of aryl methyl sites for hydroxylation is 2. The monoisotopic (exact) mass is 328 g/mol. The average molecular weight is 329 g/mol. The Labute approximate surface area is 124 Å². The minimum absolute atomic E-state index is 0.0718. The first-order chi connectivity index (χ1) is 8.98. The van der Waals surface area contributed by atoms with Gasteiger partial charge in [0.1, 0.15) is 5.82 Å². The van der Waals surface area contributed by atoms with Crippen molar-refractivity contribution in [1.29, 1.82) is 0 Å². The lowest BCUT2D eigenvalue weighted by Crippen LogP contribution is -2.35. The molecule has 0 atom stereocenters. The average Bonchev–Trinajstić information content (AvgIpc) is 2.34. The molecule has 0 N–H and O–H groups in total. The molecule has 0 unspecified atom stereocenters. The normalized spacial score (nSPS) is 11.8. The van der Waals surface area contributed by atoms with Gasteiger partial charge < -0.3 is 0 Å². The van der Waals surface area contributed by atoms with Crippen LogP contribution in [0.2, 0.25) is 0 Å². The molecule has 4 heteroatoms. The summed E-state index contributed by atoms with van der Waals surface area (Å²) in [6, 6.07) is 1.63. The third-order valence-corrected chi connectivity index (χ3v) is 4.85. The standard InChI is InChI=1S/C15H25BrN2O/c1-5-7-15(10-16,8-6-2)11-18-13(4)17-12(3)9-14(18)19/h9H,5-8,10-11H2,1-4H3. The van der Waals surface area contributed by atoms with Crippen LogP contribution in [0.3, 0.4) is 0 Å². The zero-order valence-corrected chi connectivity index (χ0v) is 14.1. The predicted octanol–water partition coefficient (Wildman–Crippen LogP) is 3.84. The van der Waals surface area contributed by atoms with Crippen LogP contribution in [-0.2, 0) is 6.54 Å². The molecule has 108 valence electrons. The number of hydrogen-bond acceptors (Lipinski definition) is 2. The molecule has 0 radical (unpaired) electrons. The molecule has 19 heavy (non-hydrogen) atoms. The molecule has 0 bridgehead atoms. The van der Waals surface area contributed by atoms with E-state index >= 15 is 0 Å². The van der Waals surface area contributed by atoms with Crippen molar-refractivity contribution >= 4 is 15.9 Å². The highest BCUT2D eigenvalue weighted by molar-refractivity contribution is 9.09. The fraction of sp³-hybridized carbons (Fsp3) is 0.733. The van der Waals surface area contributed by atoms with Crippen LogP contribution in [0.15, 0.2) is 10.9 Å². The number of halogens is 1. The van der Waals surface area contributed by atoms with E-state index in [1.165, 1.54) is 0 Å². The van der Waals surface area contributed by atoms with Gasteiger partial charge in [-0.2, -0.15) is 0 Å². The van der Waals surface area contributed by atoms with Gasteiger partial charge in [0, 0.05) is 23.6 Å². The summed E-state index contributed by atoms with van der Waals surface area (Å²) in [5.41, 5.74) is 1.03. The summed E-state index contributed by atoms with van der Waals surface area (Å²) in [4.78, 5) is 16.6. The molecule has 0 amide bonds. The molecule has 0 saturated heterocycles. The number of nitrogens with zero attached hydrogens (tertiary/aromatic N) is 2. The van der Waals surface area contributed by atoms with Gasteiger partial charge in [-0.05, 0) is 32.1 Å². The van der Waals surface area contributed by atoms with Gasteiger partial charge in [-0.25, -0.2) is 4.98 Å². The van der Waals surface area contributed by atoms with E-state index in [0.29, 0.717) is 0 Å². The maximum atomic E-state index is 12.2. The van der Waals surface area contributed by atoms with Gasteiger partial charge in [-0.3, -0.25) is 9.36 Å². The van der Waals surface area contributed by atoms with Crippen LogP contribution in [0.25, 0.3) is 0 Å². The summed E-state index contributed by atoms with van der Waals surface area (Å²) in [6.45, 7) is 8.96. The van der Waals surface area contributed by atoms with Crippen LogP contribution >= 0.6 is 15.9 Å². The number of aromatic nitrogens is 2. The van der Waals surface area contributed by atoms with Crippen molar-refractivity contribution in [2.45, 2.75) is 59.9 Å². The van der Waals surface area contributed by atoms with E-state index in [0.717, 1.165) is 49.1 Å². The van der Waals surface area contributed by atoms with E-state index in [1.54, 1.807) is 6.07 Å². The fourth-order valence-corrected chi connectivity index (χ4v) is 3.55. The van der Waals surface area contributed by atoms with Crippen molar-refractivity contribution in [1.82, 2.24) is 9.55 Å². The van der Waals surface area contributed by atoms with Crippen molar-refractivity contribution < 1.29 is 0 Å². The molecule has 0 aliphatic rings. The molecule has 0 aliphatic carbocycles. The zero-order chi connectivity index (χ0) is 14.5. The molecule has 0 saturated carbocycles. The van der Waals surface area contributed by atoms with Crippen LogP contribution in [-0.4, -0.2) is 14.9 Å². The molecule has 1 heterocycles. The van der Waals surface area contributed by atoms with E-state index in [2.05, 4.69) is 34.8 Å². The van der Waals surface area contributed by atoms with E-state index in [-0.39, 0.29) is 11.0 Å². The molecular formula is C15H25BrN2O. The lowest BCUT2D eigenvalue weighted by atomic mass is 9.81. The van der Waals surface area contributed by atoms with Crippen molar-refractivity contribution in [2.75, 3.05) is 5.33 Å². The molecule has 0 fully saturated rings. The third kappa shape index (κ3) is 4.16. The second-order valence-electron chi connectivity index (χ2n) is 5.50. The maximum Gasteiger partial charge on any atom is 0.253 e. The number of rotatable bonds is 7. The first-order valence-corrected chi connectivity index (χ1v) is 8.21. The quantitative estimate of drug-likeness (QED) is 0.713. The van der Waals surface area contributed by atoms with Crippen molar-refractivity contribution in [2.24, 2.45) is 5.41 Å². The first kappa shape index (κ1) is 16.4. The predicted molar refractivity (Wildman–Crippen MR) is 84.0 cm³/mol. The van der Waals surface area contributed by atoms with Crippen LogP contribution in [0.4, 0.5) is 0 Å². The lowest BCUT2D eigenvalue weighted by Gasteiger charge is -2.32. The second-order valence-corrected chi connectivity index (χ2v) is 6.06. The molecule has 0 aliphatic heterocycles. The number of alkyl halides is 1. The Hall–Kier alpha value is -0.640. The summed E-state index contributed by atoms with van der Waals surface area (Å²) in [5.74, 6) is 0.822. The largest absolute Gasteiger partial charge is 0.296 e. The second kappa shape index (κ2) is 7.22. The van der Waals surface area contributed by atoms with Crippen LogP contribution in [0.5, 0.6) is 0 Å². The Morgan fingerprint density at radius 2 is 1.84 bits per heavy atom. The molecule has 0 aromatic carbocycles. The Bertz CT molecular complexity index is 462. The van der Waals surface area contributed by atoms with Gasteiger partial charge in [0.25, 0.3) is 5.56 Å². The molecule has 0 spiro atoms. The van der Waals surface area contributed by atoms with E-state index in [1.807, 2.05) is 18.4 Å². The van der Waals surface area contributed by atoms with Gasteiger partial charge in [0.2, 0.25) is 0 Å². The van der Waals surface area contributed by atoms with Crippen molar-refractivity contribution in [3.05, 3.63) is 27.9 Å². The highest BCUT2D eigenvalue weighted by Gasteiger charge is 2.28. The van der Waals surface area contributed by atoms with E-state index < -0.39 is 0 Å². The summed E-state index contributed by atoms with van der Waals surface area (Å²) in [7, 11) is 0. The summed E-state index contributed by atoms with van der Waals surface area (Å²) in [5, 5.41) is 0.932. The molecule has 3 nitrogen and oxygen atoms in total. The highest BCUT2D eigenvalue weighted by Crippen LogP contribution is 2.33. The van der Waals surface area contributed by atoms with Crippen LogP contribution < -0.4 is 5.56 Å². The Kier molecular flexibility index (Phi) is 6.24. The van der Waals surface area contributed by atoms with Crippen molar-refractivity contribution in [3.8, 4) is 0 Å². The molecule has 1 aromatic heterocycles. The Morgan fingerprint density at radius 3 is 2.26 bits per heavy atom. The summed E-state index contributed by atoms with van der Waals surface area (Å²) >= 11 is 3.66. The third-order valence-electron chi connectivity index (χ3n) is 3.66. The first-order valence-electron chi connectivity index (χ1n) is 7.09. The van der Waals surface area contributed by atoms with E-state index in [9.17, 15) is 4.79 Å². The molecule has 1 rings (SSSR count). The summed E-state index contributed by atoms with van der Waals surface area (Å²) < 4.78 is 1.83. The van der Waals surface area contributed by atoms with Gasteiger partial charge >= 0.3 is 0 Å². The van der Waals surface area contributed by atoms with Gasteiger partial charge in [0.05, 0.1) is 0 Å². The highest BCUT2D eigenvalue weighted by atomic mass is 79.9. The number of hydrogen-bond donors (Lipinski definition) is 0. The van der Waals surface area contributed by atoms with Crippen LogP contribution in [0.1, 0.15) is 51.0 Å². The van der Waals surface area contributed by atoms with Gasteiger partial charge in [-0.1, -0.05) is 42.6 Å². The Balaban J connectivity index is 3.12. The minimum atomic E-state index is 0.0718. The molecule has 1 aromatic rings. The van der Waals surface area contributed by atoms with Gasteiger partial charge in [0.15, 0.2) is 0 Å². The SMILES string of the molecule is CCCC(CBr)(CCC)Cn1c(C)nc(C)cc1=O. The minimum Gasteiger partial charge on any atom is -0.296 e. The zero-order valence-electron chi connectivity index (χ0n) is 12.5. The summed E-state index contributed by atoms with van der Waals surface area (Å²) in [6.07, 6.45) is 4.54. The van der Waals surface area contributed by atoms with Crippen molar-refractivity contribution in [3.63, 3.8) is 0 Å². The lowest BCUT2D eigenvalue weighted by molar-refractivity contribution is 0.227. The fourth-order valence-electron chi connectivity index (χ4n) is 2.81. The van der Waals surface area contributed by atoms with Crippen LogP contribution in [0, 0.1) is 19.3 Å². The Morgan fingerprint density at radius 1 is 1.26 bits per heavy atom. The topological polar surface area (TPSA) is 34.9 Å². The van der Waals surface area contributed by atoms with E-state index in [4.69, 9.17) is 0 Å². The smallest absolute Gasteiger partial charge is 0.253 e. The maximum absolute atomic E-state index is 12.2. The van der Waals surface area contributed by atoms with Gasteiger partial charge in [-0.15, -0.1) is 0 Å². The molecular weight excluding hydrogens is 304 g/mol.